The maximum Gasteiger partial charge on any atom is 0.303 e. The fraction of sp³-hybridized carbons (Fsp3) is 0.906. The number of nitrogens with two attached hydrogens (primary N) is 1. The molecule has 0 aliphatic heterocycles. The van der Waals surface area contributed by atoms with Gasteiger partial charge in [0, 0.05) is 6.42 Å². The van der Waals surface area contributed by atoms with Crippen LogP contribution in [0.25, 0.3) is 0 Å². The number of aliphatic carboxylic acids is 1. The third kappa shape index (κ3) is 40.6. The van der Waals surface area contributed by atoms with Crippen LogP contribution in [0, 0.1) is 0 Å². The van der Waals surface area contributed by atoms with E-state index in [1.54, 1.807) is 0 Å². The predicted octanol–water partition coefficient (Wildman–Crippen LogP) is 10.8. The topological polar surface area (TPSA) is 63.3 Å². The second-order valence-corrected chi connectivity index (χ2v) is 10.4. The quantitative estimate of drug-likeness (QED) is 0.0879. The molecule has 0 saturated heterocycles. The van der Waals surface area contributed by atoms with Crippen molar-refractivity contribution in [2.24, 2.45) is 5.73 Å². The zero-order valence-corrected chi connectivity index (χ0v) is 24.2. The molecule has 0 aromatic carbocycles. The maximum atomic E-state index is 10.3. The third-order valence-electron chi connectivity index (χ3n) is 6.71. The van der Waals surface area contributed by atoms with Crippen molar-refractivity contribution in [2.45, 2.75) is 181 Å². The average Bonchev–Trinajstić information content (AvgIpc) is 2.85. The number of hydrogen-bond donors (Lipinski definition) is 2. The summed E-state index contributed by atoms with van der Waals surface area (Å²) in [4.78, 5) is 10.3. The van der Waals surface area contributed by atoms with Crippen molar-refractivity contribution in [2.75, 3.05) is 6.54 Å². The Hall–Kier alpha value is -0.830. The summed E-state index contributed by atoms with van der Waals surface area (Å²) in [6.45, 7) is 5.41. The molecule has 0 aliphatic carbocycles. The van der Waals surface area contributed by atoms with Crippen LogP contribution in [0.15, 0.2) is 12.2 Å². The first kappa shape index (κ1) is 36.3. The van der Waals surface area contributed by atoms with Gasteiger partial charge in [0.1, 0.15) is 0 Å². The minimum atomic E-state index is -0.664. The highest BCUT2D eigenvalue weighted by Gasteiger charge is 1.96. The summed E-state index contributed by atoms with van der Waals surface area (Å²) in [5, 5.41) is 8.51. The number of carboxylic acid groups (broad SMARTS) is 1. The van der Waals surface area contributed by atoms with Crippen molar-refractivity contribution in [1.82, 2.24) is 0 Å². The number of carboxylic acids is 1. The molecule has 0 rings (SSSR count). The molecule has 0 saturated carbocycles. The molecule has 0 radical (unpaired) electrons. The molecule has 210 valence electrons. The van der Waals surface area contributed by atoms with Gasteiger partial charge >= 0.3 is 5.97 Å². The Bertz CT molecular complexity index is 396. The Morgan fingerprint density at radius 3 is 1.17 bits per heavy atom. The zero-order valence-electron chi connectivity index (χ0n) is 24.2. The average molecular weight is 496 g/mol. The van der Waals surface area contributed by atoms with Gasteiger partial charge in [0.2, 0.25) is 0 Å². The van der Waals surface area contributed by atoms with E-state index in [9.17, 15) is 4.79 Å². The first-order valence-corrected chi connectivity index (χ1v) is 15.8. The molecule has 0 aromatic rings. The number of rotatable bonds is 27. The lowest BCUT2D eigenvalue weighted by Gasteiger charge is -2.01. The smallest absolute Gasteiger partial charge is 0.303 e. The number of hydrogen-bond acceptors (Lipinski definition) is 2. The molecule has 0 aliphatic rings. The first-order chi connectivity index (χ1) is 17.2. The van der Waals surface area contributed by atoms with Gasteiger partial charge in [0.15, 0.2) is 0 Å². The van der Waals surface area contributed by atoms with Gasteiger partial charge in [-0.25, -0.2) is 0 Å². The summed E-state index contributed by atoms with van der Waals surface area (Å²) in [6, 6.07) is 0. The van der Waals surface area contributed by atoms with Gasteiger partial charge in [-0.05, 0) is 45.1 Å². The Balaban J connectivity index is 0. The van der Waals surface area contributed by atoms with Crippen LogP contribution in [-0.4, -0.2) is 17.6 Å². The Morgan fingerprint density at radius 2 is 0.829 bits per heavy atom. The predicted molar refractivity (Wildman–Crippen MR) is 157 cm³/mol. The summed E-state index contributed by atoms with van der Waals surface area (Å²) < 4.78 is 0. The Labute approximate surface area is 221 Å². The first-order valence-electron chi connectivity index (χ1n) is 15.8. The number of carbonyl (C=O) groups is 1. The van der Waals surface area contributed by atoms with Crippen LogP contribution in [-0.2, 0) is 4.79 Å². The Kier molecular flexibility index (Phi) is 36.7. The van der Waals surface area contributed by atoms with Crippen LogP contribution < -0.4 is 5.73 Å². The van der Waals surface area contributed by atoms with Crippen molar-refractivity contribution < 1.29 is 9.90 Å². The van der Waals surface area contributed by atoms with Crippen LogP contribution in [0.4, 0.5) is 0 Å². The molecular weight excluding hydrogens is 430 g/mol. The van der Waals surface area contributed by atoms with E-state index in [1.807, 2.05) is 0 Å². The molecular formula is C32H65NO2. The largest absolute Gasteiger partial charge is 0.481 e. The molecule has 0 amide bonds. The summed E-state index contributed by atoms with van der Waals surface area (Å²) in [5.41, 5.74) is 5.45. The Morgan fingerprint density at radius 1 is 0.514 bits per heavy atom. The lowest BCUT2D eigenvalue weighted by atomic mass is 10.1. The van der Waals surface area contributed by atoms with E-state index >= 15 is 0 Å². The second-order valence-electron chi connectivity index (χ2n) is 10.4. The van der Waals surface area contributed by atoms with Gasteiger partial charge in [0.05, 0.1) is 0 Å². The lowest BCUT2D eigenvalue weighted by molar-refractivity contribution is -0.137. The van der Waals surface area contributed by atoms with Gasteiger partial charge in [-0.2, -0.15) is 0 Å². The minimum Gasteiger partial charge on any atom is -0.481 e. The molecule has 3 N–H and O–H groups in total. The van der Waals surface area contributed by atoms with Crippen molar-refractivity contribution in [1.29, 1.82) is 0 Å². The van der Waals surface area contributed by atoms with Gasteiger partial charge in [-0.15, -0.1) is 0 Å². The van der Waals surface area contributed by atoms with Crippen LogP contribution in [0.5, 0.6) is 0 Å². The summed E-state index contributed by atoms with van der Waals surface area (Å²) in [6.07, 6.45) is 38.1. The minimum absolute atomic E-state index is 0.332. The highest BCUT2D eigenvalue weighted by atomic mass is 16.4. The molecule has 35 heavy (non-hydrogen) atoms. The molecule has 0 spiro atoms. The summed E-state index contributed by atoms with van der Waals surface area (Å²) in [5.74, 6) is -0.664. The zero-order chi connectivity index (χ0) is 26.1. The van der Waals surface area contributed by atoms with E-state index in [0.29, 0.717) is 6.42 Å². The van der Waals surface area contributed by atoms with Crippen LogP contribution in [0.1, 0.15) is 181 Å². The van der Waals surface area contributed by atoms with Crippen LogP contribution >= 0.6 is 0 Å². The van der Waals surface area contributed by atoms with Gasteiger partial charge in [0.25, 0.3) is 0 Å². The SMILES string of the molecule is CCCCCCCCC=CCCCCCCCC(=O)O.CCCCCCCCCCCCCCN. The van der Waals surface area contributed by atoms with Gasteiger partial charge < -0.3 is 10.8 Å². The molecule has 0 unspecified atom stereocenters. The van der Waals surface area contributed by atoms with Crippen LogP contribution in [0.2, 0.25) is 0 Å². The number of unbranched alkanes of at least 4 members (excludes halogenated alkanes) is 22. The summed E-state index contributed by atoms with van der Waals surface area (Å²) >= 11 is 0. The summed E-state index contributed by atoms with van der Waals surface area (Å²) in [7, 11) is 0. The monoisotopic (exact) mass is 496 g/mol. The van der Waals surface area contributed by atoms with E-state index in [0.717, 1.165) is 19.4 Å². The van der Waals surface area contributed by atoms with Crippen molar-refractivity contribution in [3.05, 3.63) is 12.2 Å². The standard InChI is InChI=1S/C18H34O2.C14H31N/c1-2-3-4-5-6-7-8-9-10-11-12-13-14-15-16-17-18(19)20;1-2-3-4-5-6-7-8-9-10-11-12-13-14-15/h9-10H,2-8,11-17H2,1H3,(H,19,20);2-15H2,1H3. The van der Waals surface area contributed by atoms with E-state index < -0.39 is 5.97 Å². The highest BCUT2D eigenvalue weighted by Crippen LogP contribution is 2.12. The van der Waals surface area contributed by atoms with Gasteiger partial charge in [-0.1, -0.05) is 148 Å². The normalized spacial score (nSPS) is 11.1. The van der Waals surface area contributed by atoms with Crippen LogP contribution in [0.3, 0.4) is 0 Å². The molecule has 0 aromatic heterocycles. The third-order valence-corrected chi connectivity index (χ3v) is 6.71. The van der Waals surface area contributed by atoms with Gasteiger partial charge in [-0.3, -0.25) is 4.79 Å². The fourth-order valence-electron chi connectivity index (χ4n) is 4.33. The molecule has 0 atom stereocenters. The van der Waals surface area contributed by atoms with Crippen molar-refractivity contribution in [3.8, 4) is 0 Å². The lowest BCUT2D eigenvalue weighted by Crippen LogP contribution is -1.97. The highest BCUT2D eigenvalue weighted by molar-refractivity contribution is 5.66. The van der Waals surface area contributed by atoms with E-state index in [-0.39, 0.29) is 0 Å². The maximum absolute atomic E-state index is 10.3. The van der Waals surface area contributed by atoms with E-state index in [2.05, 4.69) is 26.0 Å². The second kappa shape index (κ2) is 35.3. The molecule has 0 heterocycles. The van der Waals surface area contributed by atoms with E-state index in [4.69, 9.17) is 10.8 Å². The number of allylic oxidation sites excluding steroid dienone is 2. The molecule has 3 nitrogen and oxygen atoms in total. The van der Waals surface area contributed by atoms with Crippen molar-refractivity contribution in [3.63, 3.8) is 0 Å². The molecule has 0 bridgehead atoms. The molecule has 0 fully saturated rings. The fourth-order valence-corrected chi connectivity index (χ4v) is 4.33. The molecule has 3 heteroatoms. The van der Waals surface area contributed by atoms with Crippen molar-refractivity contribution >= 4 is 5.97 Å². The van der Waals surface area contributed by atoms with E-state index in [1.165, 1.54) is 148 Å².